The van der Waals surface area contributed by atoms with Crippen molar-refractivity contribution in [3.63, 3.8) is 0 Å². The number of amides is 1. The van der Waals surface area contributed by atoms with E-state index in [-0.39, 0.29) is 23.3 Å². The molecule has 3 rings (SSSR count). The van der Waals surface area contributed by atoms with E-state index >= 15 is 0 Å². The normalized spacial score (nSPS) is 16.9. The Hall–Kier alpha value is -2.78. The van der Waals surface area contributed by atoms with E-state index in [4.69, 9.17) is 14.2 Å². The molecule has 9 heteroatoms. The molecule has 0 radical (unpaired) electrons. The molecule has 32 heavy (non-hydrogen) atoms. The SMILES string of the molecule is COc1ccc(S(=O)(=O)N2CCC[C@@H](C(=O)N(C)Cc3ccc(OC)c(OC)c3)C2)cc1. The number of rotatable bonds is 8. The smallest absolute Gasteiger partial charge is 0.243 e. The third-order valence-corrected chi connectivity index (χ3v) is 7.55. The third kappa shape index (κ3) is 5.16. The van der Waals surface area contributed by atoms with Crippen molar-refractivity contribution < 1.29 is 27.4 Å². The lowest BCUT2D eigenvalue weighted by atomic mass is 9.98. The van der Waals surface area contributed by atoms with E-state index in [0.29, 0.717) is 43.2 Å². The Morgan fingerprint density at radius 1 is 1.03 bits per heavy atom. The van der Waals surface area contributed by atoms with E-state index < -0.39 is 10.0 Å². The molecule has 0 N–H and O–H groups in total. The Labute approximate surface area is 189 Å². The second-order valence-electron chi connectivity index (χ2n) is 7.76. The first-order chi connectivity index (χ1) is 15.3. The molecule has 8 nitrogen and oxygen atoms in total. The van der Waals surface area contributed by atoms with E-state index in [9.17, 15) is 13.2 Å². The quantitative estimate of drug-likeness (QED) is 0.600. The number of carbonyl (C=O) groups excluding carboxylic acids is 1. The van der Waals surface area contributed by atoms with Crippen molar-refractivity contribution in [3.8, 4) is 17.2 Å². The van der Waals surface area contributed by atoms with Crippen molar-refractivity contribution in [2.75, 3.05) is 41.5 Å². The van der Waals surface area contributed by atoms with Crippen LogP contribution in [0.1, 0.15) is 18.4 Å². The summed E-state index contributed by atoms with van der Waals surface area (Å²) in [4.78, 5) is 14.9. The summed E-state index contributed by atoms with van der Waals surface area (Å²) in [6.45, 7) is 0.960. The Morgan fingerprint density at radius 3 is 2.34 bits per heavy atom. The Morgan fingerprint density at radius 2 is 1.72 bits per heavy atom. The first kappa shape index (κ1) is 23.9. The fourth-order valence-corrected chi connectivity index (χ4v) is 5.43. The van der Waals surface area contributed by atoms with Gasteiger partial charge in [0.15, 0.2) is 11.5 Å². The molecule has 1 saturated heterocycles. The van der Waals surface area contributed by atoms with Crippen LogP contribution in [0.15, 0.2) is 47.4 Å². The molecule has 0 aromatic heterocycles. The minimum atomic E-state index is -3.68. The minimum absolute atomic E-state index is 0.0746. The summed E-state index contributed by atoms with van der Waals surface area (Å²) in [5.74, 6) is 1.35. The van der Waals surface area contributed by atoms with Gasteiger partial charge in [0.2, 0.25) is 15.9 Å². The van der Waals surface area contributed by atoms with Gasteiger partial charge in [0.25, 0.3) is 0 Å². The van der Waals surface area contributed by atoms with Crippen LogP contribution >= 0.6 is 0 Å². The van der Waals surface area contributed by atoms with Crippen LogP contribution in [-0.2, 0) is 21.4 Å². The van der Waals surface area contributed by atoms with E-state index in [0.717, 1.165) is 5.56 Å². The number of benzene rings is 2. The van der Waals surface area contributed by atoms with Gasteiger partial charge in [0, 0.05) is 26.7 Å². The lowest BCUT2D eigenvalue weighted by molar-refractivity contribution is -0.135. The number of carbonyl (C=O) groups is 1. The highest BCUT2D eigenvalue weighted by Crippen LogP contribution is 2.29. The molecule has 1 fully saturated rings. The third-order valence-electron chi connectivity index (χ3n) is 5.67. The van der Waals surface area contributed by atoms with Gasteiger partial charge < -0.3 is 19.1 Å². The summed E-state index contributed by atoms with van der Waals surface area (Å²) in [5, 5.41) is 0. The van der Waals surface area contributed by atoms with Crippen molar-refractivity contribution in [1.29, 1.82) is 0 Å². The molecule has 1 amide bonds. The van der Waals surface area contributed by atoms with Gasteiger partial charge in [-0.25, -0.2) is 8.42 Å². The summed E-state index contributed by atoms with van der Waals surface area (Å²) in [7, 11) is 2.72. The number of hydrogen-bond acceptors (Lipinski definition) is 6. The van der Waals surface area contributed by atoms with Gasteiger partial charge in [-0.2, -0.15) is 4.31 Å². The molecule has 2 aromatic carbocycles. The molecule has 1 heterocycles. The maximum Gasteiger partial charge on any atom is 0.243 e. The number of piperidine rings is 1. The summed E-state index contributed by atoms with van der Waals surface area (Å²) in [5.41, 5.74) is 0.900. The number of nitrogens with zero attached hydrogens (tertiary/aromatic N) is 2. The second-order valence-corrected chi connectivity index (χ2v) is 9.70. The Kier molecular flexibility index (Phi) is 7.63. The predicted octanol–water partition coefficient (Wildman–Crippen LogP) is 2.77. The first-order valence-corrected chi connectivity index (χ1v) is 11.8. The van der Waals surface area contributed by atoms with Gasteiger partial charge in [-0.15, -0.1) is 0 Å². The number of methoxy groups -OCH3 is 3. The molecular formula is C23H30N2O6S. The van der Waals surface area contributed by atoms with Gasteiger partial charge in [0.05, 0.1) is 32.1 Å². The van der Waals surface area contributed by atoms with Gasteiger partial charge in [-0.3, -0.25) is 4.79 Å². The zero-order valence-corrected chi connectivity index (χ0v) is 19.7. The largest absolute Gasteiger partial charge is 0.497 e. The van der Waals surface area contributed by atoms with Crippen LogP contribution in [0.5, 0.6) is 17.2 Å². The molecule has 1 aliphatic heterocycles. The second kappa shape index (κ2) is 10.2. The molecule has 1 aliphatic rings. The maximum absolute atomic E-state index is 13.1. The van der Waals surface area contributed by atoms with Crippen LogP contribution < -0.4 is 14.2 Å². The lowest BCUT2D eigenvalue weighted by Gasteiger charge is -2.33. The van der Waals surface area contributed by atoms with Crippen LogP contribution in [0.4, 0.5) is 0 Å². The Bertz CT molecular complexity index is 1040. The minimum Gasteiger partial charge on any atom is -0.497 e. The molecule has 0 aliphatic carbocycles. The molecular weight excluding hydrogens is 432 g/mol. The molecule has 174 valence electrons. The summed E-state index contributed by atoms with van der Waals surface area (Å²) >= 11 is 0. The zero-order valence-electron chi connectivity index (χ0n) is 18.9. The van der Waals surface area contributed by atoms with Crippen LogP contribution in [0, 0.1) is 5.92 Å². The van der Waals surface area contributed by atoms with Crippen LogP contribution in [-0.4, -0.2) is 65.0 Å². The molecule has 2 aromatic rings. The Balaban J connectivity index is 1.69. The topological polar surface area (TPSA) is 85.4 Å². The summed E-state index contributed by atoms with van der Waals surface area (Å²) < 4.78 is 43.3. The maximum atomic E-state index is 13.1. The number of sulfonamides is 1. The van der Waals surface area contributed by atoms with E-state index in [1.807, 2.05) is 12.1 Å². The summed E-state index contributed by atoms with van der Waals surface area (Å²) in [6.07, 6.45) is 1.29. The van der Waals surface area contributed by atoms with E-state index in [2.05, 4.69) is 0 Å². The fraction of sp³-hybridized carbons (Fsp3) is 0.435. The van der Waals surface area contributed by atoms with E-state index in [1.54, 1.807) is 44.4 Å². The predicted molar refractivity (Wildman–Crippen MR) is 120 cm³/mol. The fourth-order valence-electron chi connectivity index (χ4n) is 3.90. The van der Waals surface area contributed by atoms with Crippen molar-refractivity contribution in [2.24, 2.45) is 5.92 Å². The number of ether oxygens (including phenoxy) is 3. The molecule has 0 spiro atoms. The molecule has 0 bridgehead atoms. The highest BCUT2D eigenvalue weighted by Gasteiger charge is 2.34. The monoisotopic (exact) mass is 462 g/mol. The molecule has 0 saturated carbocycles. The highest BCUT2D eigenvalue weighted by atomic mass is 32.2. The van der Waals surface area contributed by atoms with Crippen molar-refractivity contribution in [3.05, 3.63) is 48.0 Å². The van der Waals surface area contributed by atoms with Gasteiger partial charge >= 0.3 is 0 Å². The zero-order chi connectivity index (χ0) is 23.3. The first-order valence-electron chi connectivity index (χ1n) is 10.4. The van der Waals surface area contributed by atoms with Crippen LogP contribution in [0.3, 0.4) is 0 Å². The molecule has 1 atom stereocenters. The van der Waals surface area contributed by atoms with Crippen LogP contribution in [0.2, 0.25) is 0 Å². The van der Waals surface area contributed by atoms with Crippen molar-refractivity contribution in [2.45, 2.75) is 24.3 Å². The van der Waals surface area contributed by atoms with E-state index in [1.165, 1.54) is 23.5 Å². The standard InChI is InChI=1S/C23H30N2O6S/c1-24(15-17-7-12-21(30-3)22(14-17)31-4)23(26)18-6-5-13-25(16-18)32(27,28)20-10-8-19(29-2)9-11-20/h7-12,14,18H,5-6,13,15-16H2,1-4H3/t18-/m1/s1. The van der Waals surface area contributed by atoms with Gasteiger partial charge in [0.1, 0.15) is 5.75 Å². The van der Waals surface area contributed by atoms with Gasteiger partial charge in [-0.1, -0.05) is 6.07 Å². The van der Waals surface area contributed by atoms with Gasteiger partial charge in [-0.05, 0) is 54.8 Å². The highest BCUT2D eigenvalue weighted by molar-refractivity contribution is 7.89. The molecule has 0 unspecified atom stereocenters. The van der Waals surface area contributed by atoms with Crippen molar-refractivity contribution in [1.82, 2.24) is 9.21 Å². The average Bonchev–Trinajstić information content (AvgIpc) is 2.83. The number of hydrogen-bond donors (Lipinski definition) is 0. The van der Waals surface area contributed by atoms with Crippen LogP contribution in [0.25, 0.3) is 0 Å². The van der Waals surface area contributed by atoms with Crippen molar-refractivity contribution >= 4 is 15.9 Å². The summed E-state index contributed by atoms with van der Waals surface area (Å²) in [6, 6.07) is 11.8. The average molecular weight is 463 g/mol. The lowest BCUT2D eigenvalue weighted by Crippen LogP contribution is -2.45.